The first-order valence-corrected chi connectivity index (χ1v) is 11.8. The number of anilines is 1. The molecular weight excluding hydrogens is 390 g/mol. The van der Waals surface area contributed by atoms with Gasteiger partial charge >= 0.3 is 0 Å². The molecule has 0 aromatic heterocycles. The molecule has 31 heavy (non-hydrogen) atoms. The molecule has 1 aromatic rings. The second-order valence-electron chi connectivity index (χ2n) is 10.4. The van der Waals surface area contributed by atoms with Crippen LogP contribution in [0.4, 0.5) is 5.69 Å². The Bertz CT molecular complexity index is 835. The van der Waals surface area contributed by atoms with Crippen LogP contribution in [0, 0.1) is 23.2 Å². The Hall–Kier alpha value is -2.37. The van der Waals surface area contributed by atoms with Crippen molar-refractivity contribution >= 4 is 23.4 Å². The van der Waals surface area contributed by atoms with Crippen molar-refractivity contribution in [1.82, 2.24) is 9.80 Å². The van der Waals surface area contributed by atoms with Crippen LogP contribution in [-0.2, 0) is 20.8 Å². The molecule has 166 valence electrons. The number of hydrogen-bond donors (Lipinski definition) is 1. The van der Waals surface area contributed by atoms with E-state index < -0.39 is 0 Å². The van der Waals surface area contributed by atoms with Crippen LogP contribution in [0.25, 0.3) is 0 Å². The summed E-state index contributed by atoms with van der Waals surface area (Å²) in [5, 5.41) is 2.74. The highest BCUT2D eigenvalue weighted by molar-refractivity contribution is 5.88. The number of carbonyl (C=O) groups is 3. The molecule has 1 saturated heterocycles. The smallest absolute Gasteiger partial charge is 0.228 e. The number of carbonyl (C=O) groups excluding carboxylic acids is 3. The maximum Gasteiger partial charge on any atom is 0.228 e. The lowest BCUT2D eigenvalue weighted by atomic mass is 9.49. The van der Waals surface area contributed by atoms with Crippen molar-refractivity contribution in [2.24, 2.45) is 23.2 Å². The molecular formula is C25H33N3O3. The third-order valence-electron chi connectivity index (χ3n) is 8.04. The van der Waals surface area contributed by atoms with E-state index in [1.54, 1.807) is 0 Å². The summed E-state index contributed by atoms with van der Waals surface area (Å²) in [5.41, 5.74) is 1.59. The second kappa shape index (κ2) is 7.95. The fourth-order valence-corrected chi connectivity index (χ4v) is 7.06. The predicted octanol–water partition coefficient (Wildman–Crippen LogP) is 3.07. The van der Waals surface area contributed by atoms with Gasteiger partial charge in [0.15, 0.2) is 0 Å². The minimum Gasteiger partial charge on any atom is -0.339 e. The van der Waals surface area contributed by atoms with Gasteiger partial charge in [0.2, 0.25) is 17.7 Å². The maximum atomic E-state index is 13.5. The van der Waals surface area contributed by atoms with Crippen LogP contribution in [0.2, 0.25) is 0 Å². The topological polar surface area (TPSA) is 69.7 Å². The molecule has 4 aliphatic carbocycles. The van der Waals surface area contributed by atoms with Crippen molar-refractivity contribution in [3.05, 3.63) is 29.8 Å². The number of rotatable bonds is 4. The lowest BCUT2D eigenvalue weighted by Crippen LogP contribution is -2.58. The average Bonchev–Trinajstić information content (AvgIpc) is 2.73. The summed E-state index contributed by atoms with van der Waals surface area (Å²) in [5.74, 6) is 2.70. The first-order chi connectivity index (χ1) is 14.9. The molecule has 0 unspecified atom stereocenters. The fraction of sp³-hybridized carbons (Fsp3) is 0.640. The van der Waals surface area contributed by atoms with E-state index in [9.17, 15) is 14.4 Å². The van der Waals surface area contributed by atoms with E-state index in [1.165, 1.54) is 26.2 Å². The zero-order valence-corrected chi connectivity index (χ0v) is 18.4. The summed E-state index contributed by atoms with van der Waals surface area (Å²) in [4.78, 5) is 41.4. The van der Waals surface area contributed by atoms with E-state index in [2.05, 4.69) is 10.2 Å². The monoisotopic (exact) mass is 423 g/mol. The maximum absolute atomic E-state index is 13.5. The van der Waals surface area contributed by atoms with Crippen LogP contribution in [0.3, 0.4) is 0 Å². The summed E-state index contributed by atoms with van der Waals surface area (Å²) in [6, 6.07) is 7.42. The van der Waals surface area contributed by atoms with Gasteiger partial charge in [-0.1, -0.05) is 12.1 Å². The van der Waals surface area contributed by atoms with Gasteiger partial charge in [-0.25, -0.2) is 0 Å². The van der Waals surface area contributed by atoms with Gasteiger partial charge in [0.1, 0.15) is 0 Å². The minimum atomic E-state index is -0.107. The van der Waals surface area contributed by atoms with E-state index in [-0.39, 0.29) is 17.2 Å². The van der Waals surface area contributed by atoms with Gasteiger partial charge in [-0.05, 0) is 74.0 Å². The zero-order valence-electron chi connectivity index (χ0n) is 18.4. The van der Waals surface area contributed by atoms with Crippen LogP contribution in [0.5, 0.6) is 0 Å². The molecule has 1 aliphatic heterocycles. The number of hydrogen-bond acceptors (Lipinski definition) is 3. The highest BCUT2D eigenvalue weighted by atomic mass is 16.2. The van der Waals surface area contributed by atoms with E-state index in [4.69, 9.17) is 0 Å². The molecule has 5 fully saturated rings. The molecule has 1 aromatic carbocycles. The van der Waals surface area contributed by atoms with Gasteiger partial charge in [-0.2, -0.15) is 0 Å². The molecule has 6 heteroatoms. The predicted molar refractivity (Wildman–Crippen MR) is 118 cm³/mol. The van der Waals surface area contributed by atoms with Crippen molar-refractivity contribution in [2.45, 2.75) is 51.9 Å². The summed E-state index contributed by atoms with van der Waals surface area (Å²) >= 11 is 0. The Morgan fingerprint density at radius 1 is 0.871 bits per heavy atom. The standard InChI is InChI=1S/C25H33N3O3/c1-17(29)26-22-4-2-18(3-5-22)13-23(30)27-6-8-28(9-7-27)24(31)25-14-19-10-20(15-25)12-21(11-19)16-25/h2-5,19-21H,6-16H2,1H3,(H,26,29). The SMILES string of the molecule is CC(=O)Nc1ccc(CC(=O)N2CCN(C(=O)C34CC5CC(CC(C5)C3)C4)CC2)cc1. The lowest BCUT2D eigenvalue weighted by molar-refractivity contribution is -0.160. The molecule has 6 nitrogen and oxygen atoms in total. The Kier molecular flexibility index (Phi) is 5.27. The van der Waals surface area contributed by atoms with Gasteiger partial charge in [0.25, 0.3) is 0 Å². The van der Waals surface area contributed by atoms with E-state index >= 15 is 0 Å². The van der Waals surface area contributed by atoms with Crippen molar-refractivity contribution < 1.29 is 14.4 Å². The van der Waals surface area contributed by atoms with Gasteiger partial charge in [0.05, 0.1) is 11.8 Å². The highest BCUT2D eigenvalue weighted by Gasteiger charge is 2.55. The molecule has 5 aliphatic rings. The Morgan fingerprint density at radius 2 is 1.39 bits per heavy atom. The largest absolute Gasteiger partial charge is 0.339 e. The highest BCUT2D eigenvalue weighted by Crippen LogP contribution is 2.60. The Morgan fingerprint density at radius 3 is 1.90 bits per heavy atom. The van der Waals surface area contributed by atoms with Crippen LogP contribution < -0.4 is 5.32 Å². The molecule has 1 N–H and O–H groups in total. The first kappa shape index (κ1) is 20.5. The van der Waals surface area contributed by atoms with E-state index in [0.29, 0.717) is 38.5 Å². The van der Waals surface area contributed by atoms with Crippen molar-refractivity contribution in [2.75, 3.05) is 31.5 Å². The van der Waals surface area contributed by atoms with E-state index in [1.807, 2.05) is 29.2 Å². The Labute approximate surface area is 184 Å². The van der Waals surface area contributed by atoms with Gasteiger partial charge < -0.3 is 15.1 Å². The first-order valence-electron chi connectivity index (χ1n) is 11.8. The quantitative estimate of drug-likeness (QED) is 0.809. The summed E-state index contributed by atoms with van der Waals surface area (Å²) in [6.45, 7) is 4.05. The molecule has 1 heterocycles. The van der Waals surface area contributed by atoms with Crippen molar-refractivity contribution in [1.29, 1.82) is 0 Å². The molecule has 6 rings (SSSR count). The molecule has 0 atom stereocenters. The van der Waals surface area contributed by atoms with Crippen LogP contribution in [0.15, 0.2) is 24.3 Å². The van der Waals surface area contributed by atoms with Gasteiger partial charge in [-0.3, -0.25) is 14.4 Å². The third-order valence-corrected chi connectivity index (χ3v) is 8.04. The van der Waals surface area contributed by atoms with Gasteiger partial charge in [0, 0.05) is 38.8 Å². The number of amides is 3. The molecule has 4 saturated carbocycles. The van der Waals surface area contributed by atoms with Crippen LogP contribution >= 0.6 is 0 Å². The summed E-state index contributed by atoms with van der Waals surface area (Å²) in [7, 11) is 0. The van der Waals surface area contributed by atoms with Crippen LogP contribution in [0.1, 0.15) is 51.0 Å². The number of benzene rings is 1. The van der Waals surface area contributed by atoms with Gasteiger partial charge in [-0.15, -0.1) is 0 Å². The van der Waals surface area contributed by atoms with Crippen LogP contribution in [-0.4, -0.2) is 53.7 Å². The zero-order chi connectivity index (χ0) is 21.6. The second-order valence-corrected chi connectivity index (χ2v) is 10.4. The number of nitrogens with one attached hydrogen (secondary N) is 1. The minimum absolute atomic E-state index is 0.0867. The lowest BCUT2D eigenvalue weighted by Gasteiger charge is -2.57. The molecule has 0 spiro atoms. The Balaban J connectivity index is 1.15. The summed E-state index contributed by atoms with van der Waals surface area (Å²) < 4.78 is 0. The number of piperazine rings is 1. The number of nitrogens with zero attached hydrogens (tertiary/aromatic N) is 2. The van der Waals surface area contributed by atoms with E-state index in [0.717, 1.165) is 48.3 Å². The normalized spacial score (nSPS) is 31.6. The molecule has 3 amide bonds. The molecule has 0 radical (unpaired) electrons. The molecule has 4 bridgehead atoms. The fourth-order valence-electron chi connectivity index (χ4n) is 7.06. The average molecular weight is 424 g/mol. The van der Waals surface area contributed by atoms with Crippen molar-refractivity contribution in [3.63, 3.8) is 0 Å². The summed E-state index contributed by atoms with van der Waals surface area (Å²) in [6.07, 6.45) is 7.70. The van der Waals surface area contributed by atoms with Crippen molar-refractivity contribution in [3.8, 4) is 0 Å². The third kappa shape index (κ3) is 4.09.